The summed E-state index contributed by atoms with van der Waals surface area (Å²) >= 11 is 0. The van der Waals surface area contributed by atoms with Crippen LogP contribution in [0.4, 0.5) is 0 Å². The lowest BCUT2D eigenvalue weighted by Crippen LogP contribution is -1.98. The Morgan fingerprint density at radius 2 is 1.76 bits per heavy atom. The molecule has 0 aliphatic rings. The Morgan fingerprint density at radius 1 is 1.10 bits per heavy atom. The number of rotatable bonds is 7. The number of hydrogen-bond donors (Lipinski definition) is 0. The summed E-state index contributed by atoms with van der Waals surface area (Å²) in [6, 6.07) is 8.52. The van der Waals surface area contributed by atoms with Gasteiger partial charge in [0.25, 0.3) is 0 Å². The largest absolute Gasteiger partial charge is 0.219 e. The fraction of sp³-hybridized carbons (Fsp3) is 0.444. The molecule has 21 heavy (non-hydrogen) atoms. The minimum atomic E-state index is -3.40. The van der Waals surface area contributed by atoms with Gasteiger partial charge in [-0.25, -0.2) is 8.42 Å². The number of sulfone groups is 1. The highest BCUT2D eigenvalue weighted by atomic mass is 32.2. The Bertz CT molecular complexity index is 602. The third-order valence-corrected chi connectivity index (χ3v) is 4.60. The summed E-state index contributed by atoms with van der Waals surface area (Å²) in [4.78, 5) is 0.328. The molecule has 0 spiro atoms. The van der Waals surface area contributed by atoms with Crippen LogP contribution in [0.5, 0.6) is 0 Å². The Kier molecular flexibility index (Phi) is 7.85. The lowest BCUT2D eigenvalue weighted by atomic mass is 10.1. The van der Waals surface area contributed by atoms with Gasteiger partial charge in [0.15, 0.2) is 0 Å². The van der Waals surface area contributed by atoms with E-state index in [4.69, 9.17) is 0 Å². The lowest BCUT2D eigenvalue weighted by molar-refractivity contribution is 0.604. The second-order valence-electron chi connectivity index (χ2n) is 5.01. The normalized spacial score (nSPS) is 11.8. The summed E-state index contributed by atoms with van der Waals surface area (Å²) in [6.45, 7) is 4.21. The zero-order chi connectivity index (χ0) is 15.6. The van der Waals surface area contributed by atoms with Crippen LogP contribution in [0.25, 0.3) is 0 Å². The standard InChI is InChI=1S/C18H24O2S/c1-3-5-7-9-13-17(12-6-4-2)16-21(19,20)18-14-10-8-11-15-18/h8,10-11,14-16H,3-7,12H2,1-2H3/b17-16+. The van der Waals surface area contributed by atoms with Gasteiger partial charge in [-0.2, -0.15) is 0 Å². The molecule has 0 aliphatic carbocycles. The van der Waals surface area contributed by atoms with Crippen molar-refractivity contribution in [2.45, 2.75) is 57.3 Å². The first-order valence-electron chi connectivity index (χ1n) is 7.59. The summed E-state index contributed by atoms with van der Waals surface area (Å²) in [6.07, 6.45) is 5.69. The average Bonchev–Trinajstić information content (AvgIpc) is 2.49. The van der Waals surface area contributed by atoms with E-state index in [-0.39, 0.29) is 0 Å². The molecule has 0 unspecified atom stereocenters. The van der Waals surface area contributed by atoms with Gasteiger partial charge in [-0.1, -0.05) is 56.7 Å². The van der Waals surface area contributed by atoms with Crippen molar-refractivity contribution in [2.24, 2.45) is 0 Å². The van der Waals surface area contributed by atoms with Crippen molar-refractivity contribution in [1.29, 1.82) is 0 Å². The SMILES string of the molecule is CCCCC#C/C(=C/S(=O)(=O)c1ccccc1)CCCC. The minimum Gasteiger partial charge on any atom is -0.219 e. The van der Waals surface area contributed by atoms with E-state index in [1.165, 1.54) is 5.41 Å². The van der Waals surface area contributed by atoms with Crippen molar-refractivity contribution in [2.75, 3.05) is 0 Å². The van der Waals surface area contributed by atoms with E-state index in [0.717, 1.165) is 44.1 Å². The van der Waals surface area contributed by atoms with E-state index in [2.05, 4.69) is 25.7 Å². The Balaban J connectivity index is 2.97. The summed E-state index contributed by atoms with van der Waals surface area (Å²) < 4.78 is 24.7. The van der Waals surface area contributed by atoms with Gasteiger partial charge in [-0.15, -0.1) is 0 Å². The van der Waals surface area contributed by atoms with Gasteiger partial charge in [0.2, 0.25) is 9.84 Å². The van der Waals surface area contributed by atoms with Crippen LogP contribution < -0.4 is 0 Å². The third kappa shape index (κ3) is 6.64. The van der Waals surface area contributed by atoms with E-state index in [1.54, 1.807) is 24.3 Å². The average molecular weight is 304 g/mol. The van der Waals surface area contributed by atoms with Gasteiger partial charge < -0.3 is 0 Å². The highest BCUT2D eigenvalue weighted by molar-refractivity contribution is 7.94. The molecule has 0 heterocycles. The zero-order valence-corrected chi connectivity index (χ0v) is 13.7. The smallest absolute Gasteiger partial charge is 0.200 e. The predicted octanol–water partition coefficient (Wildman–Crippen LogP) is 4.73. The summed E-state index contributed by atoms with van der Waals surface area (Å²) in [7, 11) is -3.40. The zero-order valence-electron chi connectivity index (χ0n) is 12.9. The molecule has 0 fully saturated rings. The number of unbranched alkanes of at least 4 members (excludes halogenated alkanes) is 3. The molecule has 0 N–H and O–H groups in total. The fourth-order valence-electron chi connectivity index (χ4n) is 1.82. The molecule has 0 radical (unpaired) electrons. The topological polar surface area (TPSA) is 34.1 Å². The molecule has 0 aromatic heterocycles. The van der Waals surface area contributed by atoms with Crippen LogP contribution in [0.1, 0.15) is 52.4 Å². The number of hydrogen-bond acceptors (Lipinski definition) is 2. The van der Waals surface area contributed by atoms with Crippen LogP contribution in [0.3, 0.4) is 0 Å². The molecular weight excluding hydrogens is 280 g/mol. The van der Waals surface area contributed by atoms with Crippen LogP contribution in [-0.4, -0.2) is 8.42 Å². The van der Waals surface area contributed by atoms with Gasteiger partial charge in [0.05, 0.1) is 4.90 Å². The molecule has 0 atom stereocenters. The van der Waals surface area contributed by atoms with Gasteiger partial charge >= 0.3 is 0 Å². The fourth-order valence-corrected chi connectivity index (χ4v) is 3.05. The van der Waals surface area contributed by atoms with Crippen LogP contribution in [0, 0.1) is 11.8 Å². The summed E-state index contributed by atoms with van der Waals surface area (Å²) in [5, 5.41) is 1.34. The first kappa shape index (κ1) is 17.5. The molecule has 1 aromatic rings. The maximum Gasteiger partial charge on any atom is 0.200 e. The van der Waals surface area contributed by atoms with Crippen LogP contribution >= 0.6 is 0 Å². The molecule has 0 saturated carbocycles. The van der Waals surface area contributed by atoms with Crippen molar-refractivity contribution < 1.29 is 8.42 Å². The first-order valence-corrected chi connectivity index (χ1v) is 9.14. The van der Waals surface area contributed by atoms with Gasteiger partial charge in [-0.3, -0.25) is 0 Å². The van der Waals surface area contributed by atoms with Crippen LogP contribution in [0.2, 0.25) is 0 Å². The van der Waals surface area contributed by atoms with E-state index < -0.39 is 9.84 Å². The predicted molar refractivity (Wildman–Crippen MR) is 88.5 cm³/mol. The monoisotopic (exact) mass is 304 g/mol. The first-order chi connectivity index (χ1) is 10.1. The maximum atomic E-state index is 12.4. The molecule has 0 saturated heterocycles. The molecule has 1 aromatic carbocycles. The highest BCUT2D eigenvalue weighted by Crippen LogP contribution is 2.16. The highest BCUT2D eigenvalue weighted by Gasteiger charge is 2.11. The quantitative estimate of drug-likeness (QED) is 0.539. The van der Waals surface area contributed by atoms with Crippen LogP contribution in [0.15, 0.2) is 46.2 Å². The summed E-state index contributed by atoms with van der Waals surface area (Å²) in [5.41, 5.74) is 0.719. The van der Waals surface area contributed by atoms with Crippen molar-refractivity contribution in [3.63, 3.8) is 0 Å². The Hall–Kier alpha value is -1.53. The van der Waals surface area contributed by atoms with Gasteiger partial charge in [0.1, 0.15) is 0 Å². The Morgan fingerprint density at radius 3 is 2.38 bits per heavy atom. The van der Waals surface area contributed by atoms with Crippen molar-refractivity contribution in [3.8, 4) is 11.8 Å². The molecule has 1 rings (SSSR count). The molecule has 0 amide bonds. The molecule has 3 heteroatoms. The third-order valence-electron chi connectivity index (χ3n) is 3.07. The van der Waals surface area contributed by atoms with Crippen molar-refractivity contribution >= 4 is 9.84 Å². The second kappa shape index (κ2) is 9.41. The number of benzene rings is 1. The van der Waals surface area contributed by atoms with Gasteiger partial charge in [0, 0.05) is 17.4 Å². The van der Waals surface area contributed by atoms with Crippen molar-refractivity contribution in [3.05, 3.63) is 41.3 Å². The second-order valence-corrected chi connectivity index (χ2v) is 6.81. The molecule has 114 valence electrons. The molecular formula is C18H24O2S. The number of allylic oxidation sites excluding steroid dienone is 1. The minimum absolute atomic E-state index is 0.328. The molecule has 0 bridgehead atoms. The molecule has 0 aliphatic heterocycles. The lowest BCUT2D eigenvalue weighted by Gasteiger charge is -2.02. The van der Waals surface area contributed by atoms with Crippen LogP contribution in [-0.2, 0) is 9.84 Å². The van der Waals surface area contributed by atoms with Gasteiger partial charge in [-0.05, 0) is 31.4 Å². The van der Waals surface area contributed by atoms with E-state index in [0.29, 0.717) is 4.90 Å². The molecule has 2 nitrogen and oxygen atoms in total. The van der Waals surface area contributed by atoms with Crippen molar-refractivity contribution in [1.82, 2.24) is 0 Å². The van der Waals surface area contributed by atoms with E-state index in [9.17, 15) is 8.42 Å². The van der Waals surface area contributed by atoms with E-state index in [1.807, 2.05) is 6.07 Å². The maximum absolute atomic E-state index is 12.4. The summed E-state index contributed by atoms with van der Waals surface area (Å²) in [5.74, 6) is 6.13. The Labute approximate surface area is 129 Å². The van der Waals surface area contributed by atoms with E-state index >= 15 is 0 Å².